The van der Waals surface area contributed by atoms with E-state index < -0.39 is 0 Å². The van der Waals surface area contributed by atoms with Gasteiger partial charge in [0.1, 0.15) is 11.5 Å². The predicted octanol–water partition coefficient (Wildman–Crippen LogP) is 1.39. The first kappa shape index (κ1) is 12.6. The molecule has 0 saturated carbocycles. The van der Waals surface area contributed by atoms with Crippen molar-refractivity contribution in [1.82, 2.24) is 10.7 Å². The van der Waals surface area contributed by atoms with Gasteiger partial charge < -0.3 is 9.73 Å². The molecule has 5 nitrogen and oxygen atoms in total. The normalized spacial score (nSPS) is 13.7. The summed E-state index contributed by atoms with van der Waals surface area (Å²) in [6.45, 7) is 8.57. The molecule has 1 unspecified atom stereocenters. The smallest absolute Gasteiger partial charge is 0.206 e. The fraction of sp³-hybridized carbons (Fsp3) is 0.545. The molecule has 0 aliphatic rings. The van der Waals surface area contributed by atoms with Crippen LogP contribution in [0.15, 0.2) is 15.5 Å². The van der Waals surface area contributed by atoms with Gasteiger partial charge in [0.2, 0.25) is 5.96 Å². The molecule has 1 aromatic rings. The zero-order chi connectivity index (χ0) is 12.1. The van der Waals surface area contributed by atoms with E-state index in [0.717, 1.165) is 17.1 Å². The van der Waals surface area contributed by atoms with Crippen LogP contribution < -0.4 is 16.6 Å². The molecule has 90 valence electrons. The standard InChI is InChI=1S/C11H20N4O/c1-5-13-11(15-12)14-8(3)10-6-7(2)16-9(10)4/h6,8H,5,12H2,1-4H3,(H2,13,14,15). The molecular formula is C11H20N4O. The lowest BCUT2D eigenvalue weighted by Crippen LogP contribution is -2.42. The first-order chi connectivity index (χ1) is 7.58. The molecule has 0 bridgehead atoms. The van der Waals surface area contributed by atoms with Crippen LogP contribution in [0.3, 0.4) is 0 Å². The van der Waals surface area contributed by atoms with Crippen molar-refractivity contribution < 1.29 is 4.42 Å². The van der Waals surface area contributed by atoms with Gasteiger partial charge in [0.15, 0.2) is 0 Å². The summed E-state index contributed by atoms with van der Waals surface area (Å²) in [6.07, 6.45) is 0. The first-order valence-corrected chi connectivity index (χ1v) is 5.43. The molecule has 0 spiro atoms. The second-order valence-electron chi connectivity index (χ2n) is 3.70. The fourth-order valence-electron chi connectivity index (χ4n) is 1.65. The molecular weight excluding hydrogens is 204 g/mol. The lowest BCUT2D eigenvalue weighted by atomic mass is 10.1. The highest BCUT2D eigenvalue weighted by Gasteiger charge is 2.13. The molecule has 0 aliphatic carbocycles. The molecule has 0 saturated heterocycles. The molecule has 1 rings (SSSR count). The van der Waals surface area contributed by atoms with Crippen LogP contribution in [0.5, 0.6) is 0 Å². The third-order valence-corrected chi connectivity index (χ3v) is 2.35. The SMILES string of the molecule is CCN=C(NN)NC(C)c1cc(C)oc1C. The van der Waals surface area contributed by atoms with E-state index in [0.29, 0.717) is 12.5 Å². The number of aliphatic imine (C=N–C) groups is 1. The third-order valence-electron chi connectivity index (χ3n) is 2.35. The summed E-state index contributed by atoms with van der Waals surface area (Å²) in [7, 11) is 0. The summed E-state index contributed by atoms with van der Waals surface area (Å²) in [5.41, 5.74) is 3.66. The minimum atomic E-state index is 0.110. The second kappa shape index (κ2) is 5.55. The van der Waals surface area contributed by atoms with Crippen LogP contribution in [-0.4, -0.2) is 12.5 Å². The van der Waals surface area contributed by atoms with Crippen LogP contribution in [0.2, 0.25) is 0 Å². The molecule has 1 heterocycles. The van der Waals surface area contributed by atoms with E-state index >= 15 is 0 Å². The molecule has 0 aromatic carbocycles. The fourth-order valence-corrected chi connectivity index (χ4v) is 1.65. The average Bonchev–Trinajstić information content (AvgIpc) is 2.57. The monoisotopic (exact) mass is 224 g/mol. The summed E-state index contributed by atoms with van der Waals surface area (Å²) < 4.78 is 5.48. The number of hydrazine groups is 1. The molecule has 0 aliphatic heterocycles. The van der Waals surface area contributed by atoms with E-state index in [9.17, 15) is 0 Å². The maximum absolute atomic E-state index is 5.48. The number of nitrogens with one attached hydrogen (secondary N) is 2. The predicted molar refractivity (Wildman–Crippen MR) is 65.0 cm³/mol. The first-order valence-electron chi connectivity index (χ1n) is 5.43. The van der Waals surface area contributed by atoms with Crippen molar-refractivity contribution in [1.29, 1.82) is 0 Å². The highest BCUT2D eigenvalue weighted by Crippen LogP contribution is 2.20. The molecule has 0 radical (unpaired) electrons. The van der Waals surface area contributed by atoms with Gasteiger partial charge in [0.25, 0.3) is 0 Å². The van der Waals surface area contributed by atoms with Gasteiger partial charge in [-0.1, -0.05) is 0 Å². The van der Waals surface area contributed by atoms with Gasteiger partial charge >= 0.3 is 0 Å². The van der Waals surface area contributed by atoms with E-state index in [1.165, 1.54) is 0 Å². The van der Waals surface area contributed by atoms with Gasteiger partial charge in [-0.15, -0.1) is 0 Å². The minimum absolute atomic E-state index is 0.110. The lowest BCUT2D eigenvalue weighted by Gasteiger charge is -2.15. The Bertz CT molecular complexity index is 370. The number of furan rings is 1. The minimum Gasteiger partial charge on any atom is -0.466 e. The topological polar surface area (TPSA) is 75.6 Å². The van der Waals surface area contributed by atoms with Crippen LogP contribution in [-0.2, 0) is 0 Å². The molecule has 5 heteroatoms. The number of rotatable bonds is 3. The second-order valence-corrected chi connectivity index (χ2v) is 3.70. The van der Waals surface area contributed by atoms with Crippen LogP contribution in [0.25, 0.3) is 0 Å². The van der Waals surface area contributed by atoms with Crippen molar-refractivity contribution >= 4 is 5.96 Å². The summed E-state index contributed by atoms with van der Waals surface area (Å²) in [5.74, 6) is 7.79. The Morgan fingerprint density at radius 2 is 2.25 bits per heavy atom. The summed E-state index contributed by atoms with van der Waals surface area (Å²) >= 11 is 0. The van der Waals surface area contributed by atoms with Crippen molar-refractivity contribution in [3.8, 4) is 0 Å². The van der Waals surface area contributed by atoms with Crippen molar-refractivity contribution in [2.45, 2.75) is 33.7 Å². The van der Waals surface area contributed by atoms with Gasteiger partial charge in [-0.2, -0.15) is 0 Å². The van der Waals surface area contributed by atoms with Gasteiger partial charge in [-0.05, 0) is 33.8 Å². The Labute approximate surface area is 96.1 Å². The average molecular weight is 224 g/mol. The molecule has 0 fully saturated rings. The van der Waals surface area contributed by atoms with Crippen molar-refractivity contribution in [2.75, 3.05) is 6.54 Å². The zero-order valence-corrected chi connectivity index (χ0v) is 10.3. The summed E-state index contributed by atoms with van der Waals surface area (Å²) in [5, 5.41) is 3.19. The van der Waals surface area contributed by atoms with E-state index in [4.69, 9.17) is 10.3 Å². The van der Waals surface area contributed by atoms with Crippen LogP contribution in [0.1, 0.15) is 37.0 Å². The third kappa shape index (κ3) is 3.00. The number of aryl methyl sites for hydroxylation is 2. The molecule has 0 amide bonds. The van der Waals surface area contributed by atoms with Gasteiger partial charge in [0, 0.05) is 12.1 Å². The van der Waals surface area contributed by atoms with Crippen molar-refractivity contribution in [3.05, 3.63) is 23.2 Å². The van der Waals surface area contributed by atoms with Gasteiger partial charge in [-0.3, -0.25) is 10.4 Å². The van der Waals surface area contributed by atoms with Crippen LogP contribution in [0.4, 0.5) is 0 Å². The van der Waals surface area contributed by atoms with Crippen molar-refractivity contribution in [2.24, 2.45) is 10.8 Å². The number of guanidine groups is 1. The highest BCUT2D eigenvalue weighted by atomic mass is 16.3. The maximum atomic E-state index is 5.48. The Morgan fingerprint density at radius 1 is 1.56 bits per heavy atom. The molecule has 1 aromatic heterocycles. The summed E-state index contributed by atoms with van der Waals surface area (Å²) in [6, 6.07) is 2.13. The molecule has 16 heavy (non-hydrogen) atoms. The van der Waals surface area contributed by atoms with E-state index in [1.54, 1.807) is 0 Å². The zero-order valence-electron chi connectivity index (χ0n) is 10.3. The Morgan fingerprint density at radius 3 is 2.69 bits per heavy atom. The Balaban J connectivity index is 2.75. The number of hydrogen-bond donors (Lipinski definition) is 3. The largest absolute Gasteiger partial charge is 0.466 e. The number of nitrogens with two attached hydrogens (primary N) is 1. The molecule has 4 N–H and O–H groups in total. The van der Waals surface area contributed by atoms with E-state index in [2.05, 4.69) is 15.7 Å². The number of hydrogen-bond acceptors (Lipinski definition) is 3. The van der Waals surface area contributed by atoms with E-state index in [1.807, 2.05) is 33.8 Å². The van der Waals surface area contributed by atoms with Crippen molar-refractivity contribution in [3.63, 3.8) is 0 Å². The molecule has 1 atom stereocenters. The van der Waals surface area contributed by atoms with E-state index in [-0.39, 0.29) is 6.04 Å². The van der Waals surface area contributed by atoms with Crippen LogP contribution >= 0.6 is 0 Å². The summed E-state index contributed by atoms with van der Waals surface area (Å²) in [4.78, 5) is 4.18. The highest BCUT2D eigenvalue weighted by molar-refractivity contribution is 5.79. The Kier molecular flexibility index (Phi) is 4.37. The Hall–Kier alpha value is -1.49. The van der Waals surface area contributed by atoms with Gasteiger partial charge in [-0.25, -0.2) is 5.84 Å². The lowest BCUT2D eigenvalue weighted by molar-refractivity contribution is 0.496. The number of nitrogens with zero attached hydrogens (tertiary/aromatic N) is 1. The van der Waals surface area contributed by atoms with Crippen LogP contribution in [0, 0.1) is 13.8 Å². The quantitative estimate of drug-likeness (QED) is 0.314. The maximum Gasteiger partial charge on any atom is 0.206 e. The van der Waals surface area contributed by atoms with Gasteiger partial charge in [0.05, 0.1) is 6.04 Å².